The second-order valence-electron chi connectivity index (χ2n) is 1.60. The number of hydrogen-bond acceptors (Lipinski definition) is 2. The maximum Gasteiger partial charge on any atom is 0.318 e. The number of rotatable bonds is 2. The molecule has 1 rings (SSSR count). The van der Waals surface area contributed by atoms with E-state index in [0.29, 0.717) is 0 Å². The van der Waals surface area contributed by atoms with Gasteiger partial charge in [0.25, 0.3) is 0 Å². The van der Waals surface area contributed by atoms with Gasteiger partial charge in [-0.1, -0.05) is 6.08 Å². The van der Waals surface area contributed by atoms with Gasteiger partial charge in [-0.25, -0.2) is 0 Å². The Bertz CT molecular complexity index is 132. The van der Waals surface area contributed by atoms with Gasteiger partial charge in [0, 0.05) is 5.25 Å². The molecule has 0 aromatic heterocycles. The first-order valence-electron chi connectivity index (χ1n) is 2.26. The highest BCUT2D eigenvalue weighted by atomic mass is 32.2. The number of hydrogen-bond donors (Lipinski definition) is 1. The lowest BCUT2D eigenvalue weighted by atomic mass is 10.3. The van der Waals surface area contributed by atoms with Gasteiger partial charge in [0.05, 0.1) is 0 Å². The van der Waals surface area contributed by atoms with Gasteiger partial charge in [0.1, 0.15) is 5.25 Å². The van der Waals surface area contributed by atoms with E-state index in [2.05, 4.69) is 6.58 Å². The monoisotopic (exact) mass is 130 g/mol. The molecule has 1 heterocycles. The van der Waals surface area contributed by atoms with E-state index in [1.54, 1.807) is 6.08 Å². The molecular weight excluding hydrogens is 124 g/mol. The summed E-state index contributed by atoms with van der Waals surface area (Å²) < 4.78 is 0. The van der Waals surface area contributed by atoms with E-state index < -0.39 is 5.97 Å². The molecule has 2 unspecified atom stereocenters. The fourth-order valence-corrected chi connectivity index (χ4v) is 1.20. The number of carbonyl (C=O) groups is 1. The summed E-state index contributed by atoms with van der Waals surface area (Å²) in [6.07, 6.45) is 1.67. The van der Waals surface area contributed by atoms with Crippen LogP contribution in [0.25, 0.3) is 0 Å². The first-order valence-corrected chi connectivity index (χ1v) is 3.21. The summed E-state index contributed by atoms with van der Waals surface area (Å²) in [7, 11) is 0. The maximum atomic E-state index is 10.1. The molecule has 44 valence electrons. The zero-order valence-corrected chi connectivity index (χ0v) is 5.02. The van der Waals surface area contributed by atoms with Gasteiger partial charge in [-0.15, -0.1) is 18.3 Å². The van der Waals surface area contributed by atoms with E-state index in [-0.39, 0.29) is 10.5 Å². The molecule has 2 nitrogen and oxygen atoms in total. The summed E-state index contributed by atoms with van der Waals surface area (Å²) in [6, 6.07) is 0. The molecule has 0 saturated carbocycles. The minimum absolute atomic E-state index is 0.174. The predicted molar refractivity (Wildman–Crippen MR) is 33.0 cm³/mol. The molecule has 0 aromatic rings. The summed E-state index contributed by atoms with van der Waals surface area (Å²) in [5.41, 5.74) is 0. The van der Waals surface area contributed by atoms with Crippen LogP contribution in [-0.2, 0) is 4.79 Å². The minimum Gasteiger partial charge on any atom is -0.480 e. The Labute approximate surface area is 51.6 Å². The third kappa shape index (κ3) is 0.865. The van der Waals surface area contributed by atoms with Crippen LogP contribution >= 0.6 is 11.8 Å². The zero-order valence-electron chi connectivity index (χ0n) is 4.20. The van der Waals surface area contributed by atoms with Gasteiger partial charge in [0.15, 0.2) is 0 Å². The average Bonchev–Trinajstić information content (AvgIpc) is 2.42. The van der Waals surface area contributed by atoms with Crippen LogP contribution in [-0.4, -0.2) is 21.6 Å². The number of thioether (sulfide) groups is 1. The van der Waals surface area contributed by atoms with Gasteiger partial charge in [-0.2, -0.15) is 0 Å². The summed E-state index contributed by atoms with van der Waals surface area (Å²) >= 11 is 1.43. The van der Waals surface area contributed by atoms with Crippen LogP contribution in [0.1, 0.15) is 0 Å². The van der Waals surface area contributed by atoms with E-state index in [4.69, 9.17) is 5.11 Å². The highest BCUT2D eigenvalue weighted by Gasteiger charge is 2.41. The van der Waals surface area contributed by atoms with E-state index in [0.717, 1.165) is 0 Å². The molecule has 0 aliphatic carbocycles. The van der Waals surface area contributed by atoms with Crippen molar-refractivity contribution in [3.05, 3.63) is 12.7 Å². The summed E-state index contributed by atoms with van der Waals surface area (Å²) in [4.78, 5) is 10.1. The van der Waals surface area contributed by atoms with Crippen molar-refractivity contribution in [2.45, 2.75) is 10.5 Å². The standard InChI is InChI=1S/C5H6O2S/c1-2-3-4(8-3)5(6)7/h2-4H,1H2,(H,6,7). The molecule has 2 atom stereocenters. The Morgan fingerprint density at radius 2 is 2.50 bits per heavy atom. The van der Waals surface area contributed by atoms with Crippen molar-refractivity contribution >= 4 is 17.7 Å². The third-order valence-corrected chi connectivity index (χ3v) is 2.25. The highest BCUT2D eigenvalue weighted by molar-refractivity contribution is 8.08. The lowest BCUT2D eigenvalue weighted by Gasteiger charge is -1.78. The molecule has 1 fully saturated rings. The Kier molecular flexibility index (Phi) is 1.29. The summed E-state index contributed by atoms with van der Waals surface area (Å²) in [6.45, 7) is 3.47. The van der Waals surface area contributed by atoms with E-state index >= 15 is 0 Å². The lowest BCUT2D eigenvalue weighted by Crippen LogP contribution is -2.05. The molecule has 0 bridgehead atoms. The largest absolute Gasteiger partial charge is 0.480 e. The number of carboxylic acid groups (broad SMARTS) is 1. The van der Waals surface area contributed by atoms with Crippen molar-refractivity contribution < 1.29 is 9.90 Å². The highest BCUT2D eigenvalue weighted by Crippen LogP contribution is 2.41. The van der Waals surface area contributed by atoms with E-state index in [1.807, 2.05) is 0 Å². The van der Waals surface area contributed by atoms with Crippen molar-refractivity contribution in [2.24, 2.45) is 0 Å². The van der Waals surface area contributed by atoms with Crippen LogP contribution in [0.15, 0.2) is 12.7 Å². The molecule has 1 aliphatic rings. The third-order valence-electron chi connectivity index (χ3n) is 1.00. The molecule has 1 aliphatic heterocycles. The van der Waals surface area contributed by atoms with Crippen molar-refractivity contribution in [3.8, 4) is 0 Å². The molecule has 1 N–H and O–H groups in total. The fourth-order valence-electron chi connectivity index (χ4n) is 0.502. The Balaban J connectivity index is 2.36. The Hall–Kier alpha value is -0.440. The predicted octanol–water partition coefficient (Wildman–Crippen LogP) is 0.741. The summed E-state index contributed by atoms with van der Waals surface area (Å²) in [5, 5.41) is 8.26. The van der Waals surface area contributed by atoms with Crippen LogP contribution in [0.3, 0.4) is 0 Å². The van der Waals surface area contributed by atoms with Crippen LogP contribution < -0.4 is 0 Å². The molecule has 0 amide bonds. The van der Waals surface area contributed by atoms with E-state index in [9.17, 15) is 4.79 Å². The molecule has 8 heavy (non-hydrogen) atoms. The van der Waals surface area contributed by atoms with E-state index in [1.165, 1.54) is 11.8 Å². The maximum absolute atomic E-state index is 10.1. The van der Waals surface area contributed by atoms with Gasteiger partial charge in [-0.3, -0.25) is 4.79 Å². The lowest BCUT2D eigenvalue weighted by molar-refractivity contribution is -0.135. The van der Waals surface area contributed by atoms with Crippen LogP contribution in [0.5, 0.6) is 0 Å². The quantitative estimate of drug-likeness (QED) is 0.442. The van der Waals surface area contributed by atoms with Gasteiger partial charge in [0.2, 0.25) is 0 Å². The first-order chi connectivity index (χ1) is 3.75. The SMILES string of the molecule is C=CC1SC1C(=O)O. The molecule has 0 spiro atoms. The first kappa shape index (κ1) is 5.69. The number of aliphatic carboxylic acids is 1. The Morgan fingerprint density at radius 3 is 2.62 bits per heavy atom. The Morgan fingerprint density at radius 1 is 1.88 bits per heavy atom. The van der Waals surface area contributed by atoms with Gasteiger partial charge in [-0.05, 0) is 0 Å². The second-order valence-corrected chi connectivity index (χ2v) is 2.92. The molecule has 1 saturated heterocycles. The fraction of sp³-hybridized carbons (Fsp3) is 0.400. The molecular formula is C5H6O2S. The van der Waals surface area contributed by atoms with Crippen molar-refractivity contribution in [1.82, 2.24) is 0 Å². The van der Waals surface area contributed by atoms with Crippen LogP contribution in [0.2, 0.25) is 0 Å². The van der Waals surface area contributed by atoms with Gasteiger partial charge < -0.3 is 5.11 Å². The number of carboxylic acids is 1. The second kappa shape index (κ2) is 1.82. The molecule has 0 radical (unpaired) electrons. The molecule has 3 heteroatoms. The average molecular weight is 130 g/mol. The smallest absolute Gasteiger partial charge is 0.318 e. The van der Waals surface area contributed by atoms with Crippen LogP contribution in [0, 0.1) is 0 Å². The van der Waals surface area contributed by atoms with Crippen LogP contribution in [0.4, 0.5) is 0 Å². The van der Waals surface area contributed by atoms with Crippen molar-refractivity contribution in [3.63, 3.8) is 0 Å². The van der Waals surface area contributed by atoms with Crippen molar-refractivity contribution in [1.29, 1.82) is 0 Å². The van der Waals surface area contributed by atoms with Gasteiger partial charge >= 0.3 is 5.97 Å². The normalized spacial score (nSPS) is 34.0. The zero-order chi connectivity index (χ0) is 6.15. The molecule has 0 aromatic carbocycles. The topological polar surface area (TPSA) is 37.3 Å². The minimum atomic E-state index is -0.722. The van der Waals surface area contributed by atoms with Crippen molar-refractivity contribution in [2.75, 3.05) is 0 Å². The summed E-state index contributed by atoms with van der Waals surface area (Å²) in [5.74, 6) is -0.722.